The van der Waals surface area contributed by atoms with E-state index in [9.17, 15) is 0 Å². The molecule has 0 bridgehead atoms. The van der Waals surface area contributed by atoms with Crippen LogP contribution in [0.2, 0.25) is 0 Å². The minimum atomic E-state index is -0.281. The second-order valence-electron chi connectivity index (χ2n) is 4.48. The first-order valence-electron chi connectivity index (χ1n) is 5.08. The van der Waals surface area contributed by atoms with Gasteiger partial charge in [-0.3, -0.25) is 0 Å². The number of hydrogen-bond acceptors (Lipinski definition) is 4. The van der Waals surface area contributed by atoms with E-state index in [2.05, 4.69) is 9.97 Å². The Morgan fingerprint density at radius 1 is 1.12 bits per heavy atom. The van der Waals surface area contributed by atoms with Gasteiger partial charge in [-0.2, -0.15) is 0 Å². The minimum absolute atomic E-state index is 0.281. The lowest BCUT2D eigenvalue weighted by atomic mass is 10.2. The van der Waals surface area contributed by atoms with Gasteiger partial charge in [-0.1, -0.05) is 0 Å². The highest BCUT2D eigenvalue weighted by Gasteiger charge is 2.13. The van der Waals surface area contributed by atoms with Gasteiger partial charge in [-0.05, 0) is 26.8 Å². The molecule has 0 atom stereocenters. The first-order valence-corrected chi connectivity index (χ1v) is 5.08. The largest absolute Gasteiger partial charge is 0.472 e. The first kappa shape index (κ1) is 10.7. The number of rotatable bonds is 2. The molecule has 0 aliphatic carbocycles. The summed E-state index contributed by atoms with van der Waals surface area (Å²) in [6, 6.07) is 2.25. The van der Waals surface area contributed by atoms with Crippen molar-refractivity contribution in [2.75, 3.05) is 0 Å². The molecule has 2 rings (SSSR count). The van der Waals surface area contributed by atoms with Crippen LogP contribution in [0, 0.1) is 0 Å². The molecule has 0 spiro atoms. The lowest BCUT2D eigenvalue weighted by Crippen LogP contribution is -2.24. The van der Waals surface area contributed by atoms with Gasteiger partial charge >= 0.3 is 6.01 Å². The van der Waals surface area contributed by atoms with Crippen LogP contribution < -0.4 is 4.74 Å². The maximum atomic E-state index is 5.53. The van der Waals surface area contributed by atoms with Crippen LogP contribution >= 0.6 is 0 Å². The third-order valence-electron chi connectivity index (χ3n) is 1.88. The molecule has 0 unspecified atom stereocenters. The number of furan rings is 1. The maximum Gasteiger partial charge on any atom is 0.316 e. The second-order valence-corrected chi connectivity index (χ2v) is 4.48. The molecule has 0 N–H and O–H groups in total. The topological polar surface area (TPSA) is 48.2 Å². The lowest BCUT2D eigenvalue weighted by molar-refractivity contribution is 0.117. The SMILES string of the molecule is CC(C)(C)Oc1ncc(-c2ccoc2)cn1. The molecule has 2 heterocycles. The van der Waals surface area contributed by atoms with Crippen LogP contribution in [0.3, 0.4) is 0 Å². The van der Waals surface area contributed by atoms with Crippen LogP contribution in [0.5, 0.6) is 6.01 Å². The van der Waals surface area contributed by atoms with E-state index in [-0.39, 0.29) is 5.60 Å². The van der Waals surface area contributed by atoms with Gasteiger partial charge in [0, 0.05) is 23.5 Å². The summed E-state index contributed by atoms with van der Waals surface area (Å²) in [6.07, 6.45) is 6.72. The molecule has 16 heavy (non-hydrogen) atoms. The Balaban J connectivity index is 2.17. The van der Waals surface area contributed by atoms with Crippen molar-refractivity contribution in [3.8, 4) is 17.1 Å². The molecular weight excluding hydrogens is 204 g/mol. The van der Waals surface area contributed by atoms with Gasteiger partial charge in [0.2, 0.25) is 0 Å². The Bertz CT molecular complexity index is 441. The second kappa shape index (κ2) is 3.96. The van der Waals surface area contributed by atoms with E-state index in [1.807, 2.05) is 26.8 Å². The average molecular weight is 218 g/mol. The fraction of sp³-hybridized carbons (Fsp3) is 0.333. The van der Waals surface area contributed by atoms with Gasteiger partial charge in [0.25, 0.3) is 0 Å². The molecule has 0 radical (unpaired) electrons. The zero-order chi connectivity index (χ0) is 11.6. The molecular formula is C12H14N2O2. The third kappa shape index (κ3) is 2.59. The normalized spacial score (nSPS) is 11.4. The molecule has 2 aromatic rings. The Labute approximate surface area is 94.3 Å². The zero-order valence-electron chi connectivity index (χ0n) is 9.60. The molecule has 0 aliphatic rings. The zero-order valence-corrected chi connectivity index (χ0v) is 9.60. The van der Waals surface area contributed by atoms with Crippen molar-refractivity contribution < 1.29 is 9.15 Å². The average Bonchev–Trinajstić information content (AvgIpc) is 2.69. The number of ether oxygens (including phenoxy) is 1. The van der Waals surface area contributed by atoms with Crippen molar-refractivity contribution >= 4 is 0 Å². The van der Waals surface area contributed by atoms with Crippen molar-refractivity contribution in [1.29, 1.82) is 0 Å². The van der Waals surface area contributed by atoms with Crippen LogP contribution in [-0.4, -0.2) is 15.6 Å². The van der Waals surface area contributed by atoms with E-state index >= 15 is 0 Å². The first-order chi connectivity index (χ1) is 7.54. The summed E-state index contributed by atoms with van der Waals surface area (Å²) in [7, 11) is 0. The van der Waals surface area contributed by atoms with Crippen molar-refractivity contribution in [3.05, 3.63) is 31.0 Å². The summed E-state index contributed by atoms with van der Waals surface area (Å²) < 4.78 is 10.5. The predicted octanol–water partition coefficient (Wildman–Crippen LogP) is 2.91. The molecule has 0 saturated heterocycles. The van der Waals surface area contributed by atoms with Crippen LogP contribution in [-0.2, 0) is 0 Å². The Morgan fingerprint density at radius 3 is 2.31 bits per heavy atom. The molecule has 4 heteroatoms. The van der Waals surface area contributed by atoms with Gasteiger partial charge < -0.3 is 9.15 Å². The summed E-state index contributed by atoms with van der Waals surface area (Å²) in [5.41, 5.74) is 1.59. The minimum Gasteiger partial charge on any atom is -0.472 e. The van der Waals surface area contributed by atoms with E-state index in [0.717, 1.165) is 11.1 Å². The summed E-state index contributed by atoms with van der Waals surface area (Å²) in [5, 5.41) is 0. The monoisotopic (exact) mass is 218 g/mol. The van der Waals surface area contributed by atoms with Crippen LogP contribution in [0.15, 0.2) is 35.4 Å². The summed E-state index contributed by atoms with van der Waals surface area (Å²) in [5.74, 6) is 0. The van der Waals surface area contributed by atoms with Gasteiger partial charge in [-0.25, -0.2) is 9.97 Å². The van der Waals surface area contributed by atoms with Gasteiger partial charge in [0.1, 0.15) is 5.60 Å². The molecule has 0 saturated carbocycles. The molecule has 2 aromatic heterocycles. The van der Waals surface area contributed by atoms with Gasteiger partial charge in [0.05, 0.1) is 12.5 Å². The molecule has 0 aliphatic heterocycles. The van der Waals surface area contributed by atoms with Gasteiger partial charge in [0.15, 0.2) is 0 Å². The Hall–Kier alpha value is -1.84. The van der Waals surface area contributed by atoms with Crippen molar-refractivity contribution in [2.45, 2.75) is 26.4 Å². The molecule has 84 valence electrons. The predicted molar refractivity (Wildman–Crippen MR) is 60.1 cm³/mol. The summed E-state index contributed by atoms with van der Waals surface area (Å²) >= 11 is 0. The summed E-state index contributed by atoms with van der Waals surface area (Å²) in [6.45, 7) is 5.88. The van der Waals surface area contributed by atoms with Crippen molar-refractivity contribution in [1.82, 2.24) is 9.97 Å². The lowest BCUT2D eigenvalue weighted by Gasteiger charge is -2.18. The standard InChI is InChI=1S/C12H14N2O2/c1-12(2,3)16-11-13-6-10(7-14-11)9-4-5-15-8-9/h4-8H,1-3H3. The Kier molecular flexibility index (Phi) is 2.64. The van der Waals surface area contributed by atoms with E-state index in [1.165, 1.54) is 0 Å². The molecule has 0 aromatic carbocycles. The van der Waals surface area contributed by atoms with E-state index in [4.69, 9.17) is 9.15 Å². The van der Waals surface area contributed by atoms with Crippen molar-refractivity contribution in [2.24, 2.45) is 0 Å². The number of aromatic nitrogens is 2. The van der Waals surface area contributed by atoms with Crippen molar-refractivity contribution in [3.63, 3.8) is 0 Å². The highest BCUT2D eigenvalue weighted by Crippen LogP contribution is 2.19. The fourth-order valence-electron chi connectivity index (χ4n) is 1.22. The van der Waals surface area contributed by atoms with E-state index < -0.39 is 0 Å². The van der Waals surface area contributed by atoms with Crippen LogP contribution in [0.4, 0.5) is 0 Å². The number of nitrogens with zero attached hydrogens (tertiary/aromatic N) is 2. The highest BCUT2D eigenvalue weighted by atomic mass is 16.5. The molecule has 0 fully saturated rings. The third-order valence-corrected chi connectivity index (χ3v) is 1.88. The summed E-state index contributed by atoms with van der Waals surface area (Å²) in [4.78, 5) is 8.29. The smallest absolute Gasteiger partial charge is 0.316 e. The number of hydrogen-bond donors (Lipinski definition) is 0. The maximum absolute atomic E-state index is 5.53. The van der Waals surface area contributed by atoms with Crippen LogP contribution in [0.1, 0.15) is 20.8 Å². The highest BCUT2D eigenvalue weighted by molar-refractivity contribution is 5.59. The van der Waals surface area contributed by atoms with Crippen LogP contribution in [0.25, 0.3) is 11.1 Å². The quantitative estimate of drug-likeness (QED) is 0.777. The Morgan fingerprint density at radius 2 is 1.81 bits per heavy atom. The fourth-order valence-corrected chi connectivity index (χ4v) is 1.22. The molecule has 4 nitrogen and oxygen atoms in total. The van der Waals surface area contributed by atoms with E-state index in [1.54, 1.807) is 24.9 Å². The van der Waals surface area contributed by atoms with Gasteiger partial charge in [-0.15, -0.1) is 0 Å². The van der Waals surface area contributed by atoms with E-state index in [0.29, 0.717) is 6.01 Å². The molecule has 0 amide bonds.